The fourth-order valence-corrected chi connectivity index (χ4v) is 11.2. The molecule has 2 nitrogen and oxygen atoms in total. The van der Waals surface area contributed by atoms with Gasteiger partial charge in [0.05, 0.1) is 11.1 Å². The maximum absolute atomic E-state index is 2.45. The summed E-state index contributed by atoms with van der Waals surface area (Å²) >= 11 is 0. The van der Waals surface area contributed by atoms with Gasteiger partial charge in [0.2, 0.25) is 0 Å². The minimum absolute atomic E-state index is 0.0936. The molecule has 0 aliphatic heterocycles. The molecule has 0 saturated heterocycles. The standard InChI is InChI=1S/C64H48N2/c1-63(2)58-36-16-12-35-56(58)57-44-52(40-41-59(57)63)66(62-39-19-15-32-53(62)45-22-6-3-7-23-45)51-31-21-30-50(43-51)65(48-27-10-5-11-28-48)49-29-20-26-47(42-49)64(46-24-8-4-9-25-46)60-37-17-13-33-54(60)55-34-14-18-38-61(55)64/h3-44H,1-2H3. The van der Waals surface area contributed by atoms with Crippen LogP contribution in [-0.2, 0) is 10.8 Å². The Kier molecular flexibility index (Phi) is 9.43. The molecule has 10 aromatic rings. The van der Waals surface area contributed by atoms with Crippen LogP contribution in [0.1, 0.15) is 47.2 Å². The second-order valence-electron chi connectivity index (χ2n) is 18.1. The van der Waals surface area contributed by atoms with E-state index in [1.54, 1.807) is 0 Å². The van der Waals surface area contributed by atoms with Gasteiger partial charge >= 0.3 is 0 Å². The molecular weight excluding hydrogens is 797 g/mol. The van der Waals surface area contributed by atoms with E-state index in [0.29, 0.717) is 0 Å². The molecule has 2 heteroatoms. The highest BCUT2D eigenvalue weighted by Gasteiger charge is 2.46. The van der Waals surface area contributed by atoms with Crippen LogP contribution < -0.4 is 9.80 Å². The number of nitrogens with zero attached hydrogens (tertiary/aromatic N) is 2. The van der Waals surface area contributed by atoms with Crippen molar-refractivity contribution in [1.82, 2.24) is 0 Å². The molecule has 0 unspecified atom stereocenters. The van der Waals surface area contributed by atoms with Gasteiger partial charge in [-0.3, -0.25) is 0 Å². The molecule has 314 valence electrons. The van der Waals surface area contributed by atoms with Gasteiger partial charge in [0.1, 0.15) is 0 Å². The average molecular weight is 845 g/mol. The predicted molar refractivity (Wildman–Crippen MR) is 276 cm³/mol. The number of rotatable bonds is 9. The van der Waals surface area contributed by atoms with Gasteiger partial charge in [0.25, 0.3) is 0 Å². The number of fused-ring (bicyclic) bond motifs is 6. The Bertz CT molecular complexity index is 3360. The molecule has 0 fully saturated rings. The maximum atomic E-state index is 2.45. The lowest BCUT2D eigenvalue weighted by Gasteiger charge is -2.35. The van der Waals surface area contributed by atoms with Gasteiger partial charge in [0.15, 0.2) is 0 Å². The molecule has 0 N–H and O–H groups in total. The number of hydrogen-bond acceptors (Lipinski definition) is 2. The summed E-state index contributed by atoms with van der Waals surface area (Å²) in [6, 6.07) is 93.7. The molecule has 0 spiro atoms. The van der Waals surface area contributed by atoms with Crippen LogP contribution in [-0.4, -0.2) is 0 Å². The zero-order valence-corrected chi connectivity index (χ0v) is 37.1. The summed E-state index contributed by atoms with van der Waals surface area (Å²) in [5.41, 5.74) is 21.2. The van der Waals surface area contributed by atoms with Gasteiger partial charge in [-0.25, -0.2) is 0 Å². The lowest BCUT2D eigenvalue weighted by atomic mass is 9.67. The predicted octanol–water partition coefficient (Wildman–Crippen LogP) is 17.0. The first-order valence-corrected chi connectivity index (χ1v) is 23.0. The van der Waals surface area contributed by atoms with Crippen LogP contribution in [0.5, 0.6) is 0 Å². The normalized spacial score (nSPS) is 13.5. The van der Waals surface area contributed by atoms with E-state index in [9.17, 15) is 0 Å². The molecule has 12 rings (SSSR count). The van der Waals surface area contributed by atoms with Crippen molar-refractivity contribution >= 4 is 34.1 Å². The van der Waals surface area contributed by atoms with Crippen molar-refractivity contribution in [2.45, 2.75) is 24.7 Å². The SMILES string of the molecule is CC1(C)c2ccccc2-c2cc(N(c3cccc(N(c4ccccc4)c4cccc(C5(c6ccccc6)c6ccccc6-c6ccccc65)c4)c3)c3ccccc3-c3ccccc3)ccc21. The molecule has 0 amide bonds. The third kappa shape index (κ3) is 6.17. The summed E-state index contributed by atoms with van der Waals surface area (Å²) in [5, 5.41) is 0. The minimum atomic E-state index is -0.520. The molecule has 0 bridgehead atoms. The average Bonchev–Trinajstić information content (AvgIpc) is 3.81. The van der Waals surface area contributed by atoms with E-state index in [1.807, 2.05) is 0 Å². The molecule has 0 radical (unpaired) electrons. The summed E-state index contributed by atoms with van der Waals surface area (Å²) in [7, 11) is 0. The van der Waals surface area contributed by atoms with E-state index < -0.39 is 5.41 Å². The van der Waals surface area contributed by atoms with Crippen LogP contribution in [0.2, 0.25) is 0 Å². The Morgan fingerprint density at radius 3 is 1.38 bits per heavy atom. The monoisotopic (exact) mass is 844 g/mol. The number of hydrogen-bond donors (Lipinski definition) is 0. The van der Waals surface area contributed by atoms with Crippen molar-refractivity contribution in [2.24, 2.45) is 0 Å². The summed E-state index contributed by atoms with van der Waals surface area (Å²) in [5.74, 6) is 0. The van der Waals surface area contributed by atoms with E-state index in [0.717, 1.165) is 34.1 Å². The Morgan fingerprint density at radius 2 is 0.712 bits per heavy atom. The summed E-state index contributed by atoms with van der Waals surface area (Å²) in [6.07, 6.45) is 0. The smallest absolute Gasteiger partial charge is 0.0714 e. The van der Waals surface area contributed by atoms with Crippen LogP contribution in [0.4, 0.5) is 34.1 Å². The molecule has 66 heavy (non-hydrogen) atoms. The second-order valence-corrected chi connectivity index (χ2v) is 18.1. The molecule has 0 heterocycles. The highest BCUT2D eigenvalue weighted by Crippen LogP contribution is 2.57. The first kappa shape index (κ1) is 39.4. The van der Waals surface area contributed by atoms with Crippen LogP contribution in [0.3, 0.4) is 0 Å². The van der Waals surface area contributed by atoms with Crippen molar-refractivity contribution in [3.63, 3.8) is 0 Å². The van der Waals surface area contributed by atoms with Crippen LogP contribution in [0.15, 0.2) is 255 Å². The number of benzene rings is 10. The van der Waals surface area contributed by atoms with Gasteiger partial charge in [-0.1, -0.05) is 208 Å². The first-order valence-electron chi connectivity index (χ1n) is 23.0. The lowest BCUT2D eigenvalue weighted by Crippen LogP contribution is -2.28. The quantitative estimate of drug-likeness (QED) is 0.143. The largest absolute Gasteiger partial charge is 0.310 e. The first-order chi connectivity index (χ1) is 32.5. The van der Waals surface area contributed by atoms with Crippen LogP contribution >= 0.6 is 0 Å². The zero-order valence-electron chi connectivity index (χ0n) is 37.1. The van der Waals surface area contributed by atoms with Crippen molar-refractivity contribution in [3.8, 4) is 33.4 Å². The lowest BCUT2D eigenvalue weighted by molar-refractivity contribution is 0.660. The molecule has 2 aliphatic rings. The van der Waals surface area contributed by atoms with Crippen molar-refractivity contribution in [3.05, 3.63) is 288 Å². The Labute approximate surface area is 388 Å². The van der Waals surface area contributed by atoms with Gasteiger partial charge in [0, 0.05) is 39.4 Å². The third-order valence-electron chi connectivity index (χ3n) is 14.1. The number of anilines is 6. The van der Waals surface area contributed by atoms with Gasteiger partial charge in [-0.05, 0) is 122 Å². The van der Waals surface area contributed by atoms with Gasteiger partial charge in [-0.15, -0.1) is 0 Å². The van der Waals surface area contributed by atoms with E-state index in [1.165, 1.54) is 66.8 Å². The van der Waals surface area contributed by atoms with Crippen molar-refractivity contribution in [2.75, 3.05) is 9.80 Å². The third-order valence-corrected chi connectivity index (χ3v) is 14.1. The second kappa shape index (κ2) is 15.8. The fourth-order valence-electron chi connectivity index (χ4n) is 11.2. The molecular formula is C64H48N2. The molecule has 0 aromatic heterocycles. The Balaban J connectivity index is 1.06. The Morgan fingerprint density at radius 1 is 0.273 bits per heavy atom. The molecule has 0 atom stereocenters. The minimum Gasteiger partial charge on any atom is -0.310 e. The van der Waals surface area contributed by atoms with E-state index in [2.05, 4.69) is 278 Å². The van der Waals surface area contributed by atoms with Gasteiger partial charge in [-0.2, -0.15) is 0 Å². The summed E-state index contributed by atoms with van der Waals surface area (Å²) in [4.78, 5) is 4.87. The van der Waals surface area contributed by atoms with Crippen LogP contribution in [0, 0.1) is 0 Å². The summed E-state index contributed by atoms with van der Waals surface area (Å²) in [6.45, 7) is 4.70. The molecule has 10 aromatic carbocycles. The van der Waals surface area contributed by atoms with E-state index in [-0.39, 0.29) is 5.41 Å². The maximum Gasteiger partial charge on any atom is 0.0714 e. The van der Waals surface area contributed by atoms with Gasteiger partial charge < -0.3 is 9.80 Å². The molecule has 2 aliphatic carbocycles. The highest BCUT2D eigenvalue weighted by atomic mass is 15.2. The number of para-hydroxylation sites is 2. The fraction of sp³-hybridized carbons (Fsp3) is 0.0625. The summed E-state index contributed by atoms with van der Waals surface area (Å²) < 4.78 is 0. The zero-order chi connectivity index (χ0) is 44.2. The van der Waals surface area contributed by atoms with E-state index >= 15 is 0 Å². The van der Waals surface area contributed by atoms with E-state index in [4.69, 9.17) is 0 Å². The topological polar surface area (TPSA) is 6.48 Å². The van der Waals surface area contributed by atoms with Crippen molar-refractivity contribution < 1.29 is 0 Å². The van der Waals surface area contributed by atoms with Crippen molar-refractivity contribution in [1.29, 1.82) is 0 Å². The highest BCUT2D eigenvalue weighted by molar-refractivity contribution is 5.93. The molecule has 0 saturated carbocycles. The Hall–Kier alpha value is -8.20. The van der Waals surface area contributed by atoms with Crippen LogP contribution in [0.25, 0.3) is 33.4 Å².